The Bertz CT molecular complexity index is 515. The minimum Gasteiger partial charge on any atom is -0.372 e. The number of halogens is 1. The molecule has 0 unspecified atom stereocenters. The van der Waals surface area contributed by atoms with Crippen LogP contribution in [0, 0.1) is 22.7 Å². The van der Waals surface area contributed by atoms with Crippen molar-refractivity contribution in [2.75, 3.05) is 18.0 Å². The lowest BCUT2D eigenvalue weighted by Crippen LogP contribution is -2.21. The number of allylic oxidation sites excluding steroid dienone is 1. The van der Waals surface area contributed by atoms with Crippen LogP contribution in [0.1, 0.15) is 19.4 Å². The predicted octanol–water partition coefficient (Wildman–Crippen LogP) is 3.62. The zero-order valence-corrected chi connectivity index (χ0v) is 11.2. The van der Waals surface area contributed by atoms with Crippen molar-refractivity contribution in [1.29, 1.82) is 10.5 Å². The Morgan fingerprint density at radius 3 is 2.33 bits per heavy atom. The molecule has 0 aromatic heterocycles. The third-order valence-corrected chi connectivity index (χ3v) is 2.98. The molecule has 0 saturated carbocycles. The SMILES string of the molecule is CCN(CC)c1ccc(C=C(C#N)C#N)c(Cl)c1. The van der Waals surface area contributed by atoms with Gasteiger partial charge in [-0.3, -0.25) is 0 Å². The molecule has 18 heavy (non-hydrogen) atoms. The highest BCUT2D eigenvalue weighted by Crippen LogP contribution is 2.25. The van der Waals surface area contributed by atoms with Crippen molar-refractivity contribution in [3.63, 3.8) is 0 Å². The van der Waals surface area contributed by atoms with Crippen molar-refractivity contribution < 1.29 is 0 Å². The first kappa shape index (κ1) is 14.1. The first-order valence-electron chi connectivity index (χ1n) is 5.72. The average Bonchev–Trinajstić information content (AvgIpc) is 2.39. The molecule has 1 aromatic carbocycles. The van der Waals surface area contributed by atoms with E-state index < -0.39 is 0 Å². The summed E-state index contributed by atoms with van der Waals surface area (Å²) in [7, 11) is 0. The first-order valence-corrected chi connectivity index (χ1v) is 6.10. The first-order chi connectivity index (χ1) is 8.65. The molecule has 0 N–H and O–H groups in total. The summed E-state index contributed by atoms with van der Waals surface area (Å²) in [6.07, 6.45) is 1.49. The Morgan fingerprint density at radius 1 is 1.28 bits per heavy atom. The highest BCUT2D eigenvalue weighted by atomic mass is 35.5. The number of benzene rings is 1. The fourth-order valence-electron chi connectivity index (χ4n) is 1.66. The number of anilines is 1. The fraction of sp³-hybridized carbons (Fsp3) is 0.286. The molecule has 92 valence electrons. The molecule has 1 aromatic rings. The summed E-state index contributed by atoms with van der Waals surface area (Å²) in [5, 5.41) is 18.0. The summed E-state index contributed by atoms with van der Waals surface area (Å²) in [4.78, 5) is 2.18. The van der Waals surface area contributed by atoms with Crippen molar-refractivity contribution in [2.24, 2.45) is 0 Å². The van der Waals surface area contributed by atoms with E-state index in [0.29, 0.717) is 10.6 Å². The van der Waals surface area contributed by atoms with Crippen molar-refractivity contribution in [3.05, 3.63) is 34.4 Å². The van der Waals surface area contributed by atoms with Gasteiger partial charge in [0, 0.05) is 23.8 Å². The van der Waals surface area contributed by atoms with Gasteiger partial charge >= 0.3 is 0 Å². The summed E-state index contributed by atoms with van der Waals surface area (Å²) < 4.78 is 0. The molecule has 0 atom stereocenters. The summed E-state index contributed by atoms with van der Waals surface area (Å²) >= 11 is 6.16. The minimum atomic E-state index is 0.0486. The van der Waals surface area contributed by atoms with Gasteiger partial charge in [0.05, 0.1) is 0 Å². The molecule has 0 amide bonds. The molecule has 0 radical (unpaired) electrons. The quantitative estimate of drug-likeness (QED) is 0.776. The van der Waals surface area contributed by atoms with Crippen LogP contribution in [-0.4, -0.2) is 13.1 Å². The molecule has 0 aliphatic carbocycles. The van der Waals surface area contributed by atoms with Crippen molar-refractivity contribution in [3.8, 4) is 12.1 Å². The van der Waals surface area contributed by atoms with E-state index in [4.69, 9.17) is 22.1 Å². The maximum absolute atomic E-state index is 8.71. The van der Waals surface area contributed by atoms with Crippen molar-refractivity contribution in [1.82, 2.24) is 0 Å². The molecule has 0 fully saturated rings. The van der Waals surface area contributed by atoms with Gasteiger partial charge in [0.1, 0.15) is 17.7 Å². The normalized spacial score (nSPS) is 9.17. The highest BCUT2D eigenvalue weighted by molar-refractivity contribution is 6.32. The average molecular weight is 260 g/mol. The lowest BCUT2D eigenvalue weighted by Gasteiger charge is -2.21. The molecule has 0 bridgehead atoms. The molecular formula is C14H14ClN3. The molecule has 0 heterocycles. The minimum absolute atomic E-state index is 0.0486. The van der Waals surface area contributed by atoms with E-state index in [1.54, 1.807) is 0 Å². The van der Waals surface area contributed by atoms with Gasteiger partial charge in [-0.1, -0.05) is 17.7 Å². The number of hydrogen-bond donors (Lipinski definition) is 0. The zero-order chi connectivity index (χ0) is 13.5. The molecule has 3 nitrogen and oxygen atoms in total. The third kappa shape index (κ3) is 3.26. The topological polar surface area (TPSA) is 50.8 Å². The Balaban J connectivity index is 3.12. The molecule has 4 heteroatoms. The lowest BCUT2D eigenvalue weighted by molar-refractivity contribution is 0.866. The van der Waals surface area contributed by atoms with Crippen LogP contribution < -0.4 is 4.90 Å². The van der Waals surface area contributed by atoms with Crippen molar-refractivity contribution in [2.45, 2.75) is 13.8 Å². The molecule has 0 aliphatic rings. The Hall–Kier alpha value is -1.97. The van der Waals surface area contributed by atoms with Gasteiger partial charge in [0.25, 0.3) is 0 Å². The van der Waals surface area contributed by atoms with Crippen LogP contribution in [0.4, 0.5) is 5.69 Å². The molecule has 0 spiro atoms. The van der Waals surface area contributed by atoms with Crippen LogP contribution in [0.5, 0.6) is 0 Å². The predicted molar refractivity (Wildman–Crippen MR) is 74.2 cm³/mol. The molecular weight excluding hydrogens is 246 g/mol. The largest absolute Gasteiger partial charge is 0.372 e. The van der Waals surface area contributed by atoms with Crippen LogP contribution in [0.2, 0.25) is 5.02 Å². The third-order valence-electron chi connectivity index (χ3n) is 2.65. The van der Waals surface area contributed by atoms with Gasteiger partial charge in [-0.2, -0.15) is 10.5 Å². The van der Waals surface area contributed by atoms with Gasteiger partial charge < -0.3 is 4.90 Å². The van der Waals surface area contributed by atoms with Crippen LogP contribution >= 0.6 is 11.6 Å². The second kappa shape index (κ2) is 6.69. The lowest BCUT2D eigenvalue weighted by atomic mass is 10.1. The maximum atomic E-state index is 8.71. The van der Waals surface area contributed by atoms with Gasteiger partial charge in [-0.15, -0.1) is 0 Å². The van der Waals surface area contributed by atoms with Crippen molar-refractivity contribution >= 4 is 23.4 Å². The standard InChI is InChI=1S/C14H14ClN3/c1-3-18(4-2)13-6-5-12(14(15)8-13)7-11(9-16)10-17/h5-8H,3-4H2,1-2H3. The molecule has 0 saturated heterocycles. The van der Waals surface area contributed by atoms with E-state index in [-0.39, 0.29) is 5.57 Å². The highest BCUT2D eigenvalue weighted by Gasteiger charge is 2.05. The van der Waals surface area contributed by atoms with E-state index in [2.05, 4.69) is 18.7 Å². The Kier molecular flexibility index (Phi) is 5.24. The van der Waals surface area contributed by atoms with Crippen LogP contribution in [0.25, 0.3) is 6.08 Å². The maximum Gasteiger partial charge on any atom is 0.130 e. The summed E-state index contributed by atoms with van der Waals surface area (Å²) in [6, 6.07) is 9.26. The van der Waals surface area contributed by atoms with E-state index in [1.165, 1.54) is 6.08 Å². The Labute approximate surface area is 113 Å². The second-order valence-corrected chi connectivity index (χ2v) is 4.07. The second-order valence-electron chi connectivity index (χ2n) is 3.66. The summed E-state index contributed by atoms with van der Waals surface area (Å²) in [5.74, 6) is 0. The Morgan fingerprint density at radius 2 is 1.89 bits per heavy atom. The number of nitrogens with zero attached hydrogens (tertiary/aromatic N) is 3. The van der Waals surface area contributed by atoms with Crippen LogP contribution in [0.3, 0.4) is 0 Å². The fourth-order valence-corrected chi connectivity index (χ4v) is 1.89. The van der Waals surface area contributed by atoms with Crippen LogP contribution in [0.15, 0.2) is 23.8 Å². The van der Waals surface area contributed by atoms with Gasteiger partial charge in [-0.25, -0.2) is 0 Å². The number of rotatable bonds is 4. The molecule has 1 rings (SSSR count). The summed E-state index contributed by atoms with van der Waals surface area (Å²) in [6.45, 7) is 5.97. The molecule has 0 aliphatic heterocycles. The zero-order valence-electron chi connectivity index (χ0n) is 10.4. The summed E-state index contributed by atoms with van der Waals surface area (Å²) in [5.41, 5.74) is 1.77. The van der Waals surface area contributed by atoms with E-state index in [9.17, 15) is 0 Å². The van der Waals surface area contributed by atoms with E-state index in [1.807, 2.05) is 30.3 Å². The smallest absolute Gasteiger partial charge is 0.130 e. The van der Waals surface area contributed by atoms with Gasteiger partial charge in [0.2, 0.25) is 0 Å². The van der Waals surface area contributed by atoms with Gasteiger partial charge in [0.15, 0.2) is 0 Å². The number of nitriles is 2. The van der Waals surface area contributed by atoms with E-state index >= 15 is 0 Å². The van der Waals surface area contributed by atoms with E-state index in [0.717, 1.165) is 18.8 Å². The van der Waals surface area contributed by atoms with Gasteiger partial charge in [-0.05, 0) is 37.6 Å². The monoisotopic (exact) mass is 259 g/mol. The number of hydrogen-bond acceptors (Lipinski definition) is 3. The van der Waals surface area contributed by atoms with Crippen LogP contribution in [-0.2, 0) is 0 Å².